The predicted octanol–water partition coefficient (Wildman–Crippen LogP) is 4.77. The van der Waals surface area contributed by atoms with Gasteiger partial charge in [-0.2, -0.15) is 0 Å². The average molecular weight is 409 g/mol. The van der Waals surface area contributed by atoms with E-state index in [0.717, 1.165) is 22.4 Å². The molecule has 2 heterocycles. The van der Waals surface area contributed by atoms with E-state index in [1.54, 1.807) is 19.1 Å². The molecule has 0 radical (unpaired) electrons. The predicted molar refractivity (Wildman–Crippen MR) is 113 cm³/mol. The van der Waals surface area contributed by atoms with Crippen molar-refractivity contribution in [2.24, 2.45) is 0 Å². The van der Waals surface area contributed by atoms with Crippen molar-refractivity contribution in [2.45, 2.75) is 27.2 Å². The van der Waals surface area contributed by atoms with E-state index in [1.807, 2.05) is 12.1 Å². The molecule has 29 heavy (non-hydrogen) atoms. The number of nitrogens with one attached hydrogen (secondary N) is 2. The lowest BCUT2D eigenvalue weighted by Gasteiger charge is -2.05. The fourth-order valence-electron chi connectivity index (χ4n) is 3.27. The van der Waals surface area contributed by atoms with E-state index in [-0.39, 0.29) is 5.91 Å². The Morgan fingerprint density at radius 1 is 1.14 bits per heavy atom. The SMILES string of the molecule is Cc1cc2nc(CCNC(=O)c3c(-c4ccc(Cl)cc4)noc3C)[nH]c2cc1C. The van der Waals surface area contributed by atoms with Crippen molar-refractivity contribution in [1.82, 2.24) is 20.4 Å². The van der Waals surface area contributed by atoms with Gasteiger partial charge >= 0.3 is 0 Å². The van der Waals surface area contributed by atoms with Crippen LogP contribution >= 0.6 is 11.6 Å². The number of rotatable bonds is 5. The van der Waals surface area contributed by atoms with E-state index >= 15 is 0 Å². The van der Waals surface area contributed by atoms with Crippen LogP contribution in [0.15, 0.2) is 40.9 Å². The first-order chi connectivity index (χ1) is 13.9. The van der Waals surface area contributed by atoms with Crippen LogP contribution in [0.25, 0.3) is 22.3 Å². The summed E-state index contributed by atoms with van der Waals surface area (Å²) in [6.45, 7) is 6.32. The first-order valence-corrected chi connectivity index (χ1v) is 9.76. The van der Waals surface area contributed by atoms with Crippen molar-refractivity contribution in [1.29, 1.82) is 0 Å². The molecule has 4 aromatic rings. The van der Waals surface area contributed by atoms with E-state index in [4.69, 9.17) is 16.1 Å². The summed E-state index contributed by atoms with van der Waals surface area (Å²) in [5.74, 6) is 1.09. The van der Waals surface area contributed by atoms with Crippen molar-refractivity contribution in [3.63, 3.8) is 0 Å². The summed E-state index contributed by atoms with van der Waals surface area (Å²) in [5, 5.41) is 7.61. The maximum absolute atomic E-state index is 12.8. The molecule has 2 aromatic heterocycles. The Hall–Kier alpha value is -3.12. The Kier molecular flexibility index (Phi) is 5.11. The largest absolute Gasteiger partial charge is 0.360 e. The summed E-state index contributed by atoms with van der Waals surface area (Å²) in [6.07, 6.45) is 0.596. The number of H-pyrrole nitrogens is 1. The minimum Gasteiger partial charge on any atom is -0.360 e. The standard InChI is InChI=1S/C22H21ClN4O2/c1-12-10-17-18(11-13(12)2)26-19(25-17)8-9-24-22(28)20-14(3)29-27-21(20)15-4-6-16(23)7-5-15/h4-7,10-11H,8-9H2,1-3H3,(H,24,28)(H,25,26). The van der Waals surface area contributed by atoms with Crippen LogP contribution < -0.4 is 5.32 Å². The van der Waals surface area contributed by atoms with Crippen molar-refractivity contribution in [3.05, 3.63) is 69.7 Å². The third kappa shape index (κ3) is 3.89. The van der Waals surface area contributed by atoms with Crippen LogP contribution in [0, 0.1) is 20.8 Å². The summed E-state index contributed by atoms with van der Waals surface area (Å²) >= 11 is 5.95. The molecule has 0 spiro atoms. The molecule has 0 fully saturated rings. The molecular formula is C22H21ClN4O2. The zero-order valence-electron chi connectivity index (χ0n) is 16.5. The summed E-state index contributed by atoms with van der Waals surface area (Å²) in [5.41, 5.74) is 6.10. The third-order valence-corrected chi connectivity index (χ3v) is 5.25. The number of aromatic nitrogens is 3. The van der Waals surface area contributed by atoms with E-state index in [0.29, 0.717) is 35.0 Å². The van der Waals surface area contributed by atoms with Gasteiger partial charge in [0.1, 0.15) is 22.8 Å². The number of fused-ring (bicyclic) bond motifs is 1. The van der Waals surface area contributed by atoms with Gasteiger partial charge in [0, 0.05) is 23.6 Å². The molecule has 0 aliphatic heterocycles. The number of nitrogens with zero attached hydrogens (tertiary/aromatic N) is 2. The van der Waals surface area contributed by atoms with Gasteiger partial charge in [0.25, 0.3) is 5.91 Å². The van der Waals surface area contributed by atoms with Gasteiger partial charge in [-0.15, -0.1) is 0 Å². The summed E-state index contributed by atoms with van der Waals surface area (Å²) < 4.78 is 5.27. The molecule has 6 nitrogen and oxygen atoms in total. The quantitative estimate of drug-likeness (QED) is 0.498. The Morgan fingerprint density at radius 3 is 2.62 bits per heavy atom. The lowest BCUT2D eigenvalue weighted by atomic mass is 10.1. The molecule has 0 bridgehead atoms. The minimum atomic E-state index is -0.225. The van der Waals surface area contributed by atoms with Gasteiger partial charge in [-0.25, -0.2) is 4.98 Å². The Morgan fingerprint density at radius 2 is 1.86 bits per heavy atom. The highest BCUT2D eigenvalue weighted by molar-refractivity contribution is 6.30. The van der Waals surface area contributed by atoms with Crippen LogP contribution in [0.4, 0.5) is 0 Å². The number of aromatic amines is 1. The van der Waals surface area contributed by atoms with E-state index in [2.05, 4.69) is 46.4 Å². The third-order valence-electron chi connectivity index (χ3n) is 5.00. The lowest BCUT2D eigenvalue weighted by molar-refractivity contribution is 0.0953. The number of imidazole rings is 1. The van der Waals surface area contributed by atoms with Gasteiger partial charge in [-0.05, 0) is 56.2 Å². The zero-order valence-corrected chi connectivity index (χ0v) is 17.2. The smallest absolute Gasteiger partial charge is 0.257 e. The molecule has 4 rings (SSSR count). The van der Waals surface area contributed by atoms with E-state index in [1.165, 1.54) is 11.1 Å². The first-order valence-electron chi connectivity index (χ1n) is 9.38. The second kappa shape index (κ2) is 7.72. The van der Waals surface area contributed by atoms with Crippen molar-refractivity contribution >= 4 is 28.5 Å². The van der Waals surface area contributed by atoms with Gasteiger partial charge in [-0.1, -0.05) is 28.9 Å². The van der Waals surface area contributed by atoms with Crippen molar-refractivity contribution < 1.29 is 9.32 Å². The van der Waals surface area contributed by atoms with Crippen LogP contribution in [0.1, 0.15) is 33.1 Å². The molecule has 2 N–H and O–H groups in total. The molecule has 0 saturated carbocycles. The van der Waals surface area contributed by atoms with Crippen molar-refractivity contribution in [3.8, 4) is 11.3 Å². The fraction of sp³-hybridized carbons (Fsp3) is 0.227. The molecule has 148 valence electrons. The van der Waals surface area contributed by atoms with Crippen LogP contribution in [0.3, 0.4) is 0 Å². The molecular weight excluding hydrogens is 388 g/mol. The number of hydrogen-bond donors (Lipinski definition) is 2. The normalized spacial score (nSPS) is 11.2. The minimum absolute atomic E-state index is 0.225. The van der Waals surface area contributed by atoms with Gasteiger partial charge in [0.05, 0.1) is 11.0 Å². The van der Waals surface area contributed by atoms with Crippen LogP contribution in [-0.2, 0) is 6.42 Å². The summed E-state index contributed by atoms with van der Waals surface area (Å²) in [7, 11) is 0. The zero-order chi connectivity index (χ0) is 20.5. The number of carbonyl (C=O) groups is 1. The molecule has 0 unspecified atom stereocenters. The number of benzene rings is 2. The Labute approximate surface area is 173 Å². The lowest BCUT2D eigenvalue weighted by Crippen LogP contribution is -2.26. The van der Waals surface area contributed by atoms with Crippen molar-refractivity contribution in [2.75, 3.05) is 6.54 Å². The van der Waals surface area contributed by atoms with Crippen LogP contribution in [0.2, 0.25) is 5.02 Å². The average Bonchev–Trinajstić information content (AvgIpc) is 3.25. The first kappa shape index (κ1) is 19.2. The Bertz CT molecular complexity index is 1150. The van der Waals surface area contributed by atoms with Crippen LogP contribution in [-0.4, -0.2) is 27.6 Å². The van der Waals surface area contributed by atoms with Gasteiger partial charge in [0.2, 0.25) is 0 Å². The van der Waals surface area contributed by atoms with E-state index in [9.17, 15) is 4.79 Å². The monoisotopic (exact) mass is 408 g/mol. The summed E-state index contributed by atoms with van der Waals surface area (Å²) in [4.78, 5) is 20.7. The molecule has 0 saturated heterocycles. The van der Waals surface area contributed by atoms with Gasteiger partial charge < -0.3 is 14.8 Å². The maximum atomic E-state index is 12.8. The summed E-state index contributed by atoms with van der Waals surface area (Å²) in [6, 6.07) is 11.3. The van der Waals surface area contributed by atoms with E-state index < -0.39 is 0 Å². The van der Waals surface area contributed by atoms with Gasteiger partial charge in [0.15, 0.2) is 0 Å². The fourth-order valence-corrected chi connectivity index (χ4v) is 3.39. The number of amides is 1. The molecule has 0 aliphatic rings. The highest BCUT2D eigenvalue weighted by Crippen LogP contribution is 2.26. The highest BCUT2D eigenvalue weighted by atomic mass is 35.5. The molecule has 2 aromatic carbocycles. The number of carbonyl (C=O) groups excluding carboxylic acids is 1. The second-order valence-electron chi connectivity index (χ2n) is 7.11. The molecule has 0 aliphatic carbocycles. The van der Waals surface area contributed by atoms with Gasteiger partial charge in [-0.3, -0.25) is 4.79 Å². The second-order valence-corrected chi connectivity index (χ2v) is 7.55. The van der Waals surface area contributed by atoms with Crippen LogP contribution in [0.5, 0.6) is 0 Å². The Balaban J connectivity index is 1.47. The highest BCUT2D eigenvalue weighted by Gasteiger charge is 2.21. The number of aryl methyl sites for hydroxylation is 3. The molecule has 0 atom stereocenters. The molecule has 1 amide bonds. The molecule has 7 heteroatoms. The number of halogens is 1. The topological polar surface area (TPSA) is 83.8 Å². The maximum Gasteiger partial charge on any atom is 0.257 e. The number of hydrogen-bond acceptors (Lipinski definition) is 4.